The summed E-state index contributed by atoms with van der Waals surface area (Å²) in [6.45, 7) is 5.94. The molecule has 2 aromatic carbocycles. The minimum absolute atomic E-state index is 0.119. The van der Waals surface area contributed by atoms with Crippen LogP contribution in [0.4, 0.5) is 18.9 Å². The highest BCUT2D eigenvalue weighted by Crippen LogP contribution is 2.32. The molecule has 0 unspecified atom stereocenters. The standard InChI is InChI=1S/C26H27F3N4/c1-31-10-12-33(13-11-31)26-7-6-24(28)22-8-9-32(17-23(22)26)16-20-4-2-18(15-30-20)21-5-3-19(27)14-25(21)29/h2-7,14-15H,8-13,16-17H2,1H3. The molecule has 4 nitrogen and oxygen atoms in total. The molecular formula is C26H27F3N4. The largest absolute Gasteiger partial charge is 0.369 e. The molecule has 1 saturated heterocycles. The van der Waals surface area contributed by atoms with Gasteiger partial charge >= 0.3 is 0 Å². The van der Waals surface area contributed by atoms with Crippen LogP contribution in [0.1, 0.15) is 16.8 Å². The van der Waals surface area contributed by atoms with Crippen molar-refractivity contribution in [1.29, 1.82) is 0 Å². The van der Waals surface area contributed by atoms with Gasteiger partial charge in [0.05, 0.1) is 5.69 Å². The molecule has 0 bridgehead atoms. The lowest BCUT2D eigenvalue weighted by Gasteiger charge is -2.38. The van der Waals surface area contributed by atoms with Crippen LogP contribution >= 0.6 is 0 Å². The molecule has 0 amide bonds. The summed E-state index contributed by atoms with van der Waals surface area (Å²) in [4.78, 5) is 11.5. The van der Waals surface area contributed by atoms with E-state index in [4.69, 9.17) is 0 Å². The van der Waals surface area contributed by atoms with E-state index in [2.05, 4.69) is 26.7 Å². The van der Waals surface area contributed by atoms with Gasteiger partial charge in [-0.1, -0.05) is 6.07 Å². The fourth-order valence-corrected chi connectivity index (χ4v) is 4.78. The summed E-state index contributed by atoms with van der Waals surface area (Å²) in [6, 6.07) is 10.8. The van der Waals surface area contributed by atoms with Crippen molar-refractivity contribution in [2.45, 2.75) is 19.5 Å². The van der Waals surface area contributed by atoms with E-state index in [1.807, 2.05) is 18.2 Å². The van der Waals surface area contributed by atoms with Crippen molar-refractivity contribution in [3.05, 3.63) is 82.9 Å². The summed E-state index contributed by atoms with van der Waals surface area (Å²) >= 11 is 0. The number of hydrogen-bond donors (Lipinski definition) is 0. The topological polar surface area (TPSA) is 22.6 Å². The van der Waals surface area contributed by atoms with Crippen LogP contribution in [0.25, 0.3) is 11.1 Å². The lowest BCUT2D eigenvalue weighted by atomic mass is 9.96. The van der Waals surface area contributed by atoms with Crippen LogP contribution in [-0.2, 0) is 19.5 Å². The lowest BCUT2D eigenvalue weighted by molar-refractivity contribution is 0.240. The number of halogens is 3. The van der Waals surface area contributed by atoms with Crippen LogP contribution in [0.15, 0.2) is 48.7 Å². The maximum Gasteiger partial charge on any atom is 0.133 e. The van der Waals surface area contributed by atoms with E-state index in [1.165, 1.54) is 12.1 Å². The van der Waals surface area contributed by atoms with Crippen LogP contribution in [0.3, 0.4) is 0 Å². The van der Waals surface area contributed by atoms with E-state index in [1.54, 1.807) is 12.3 Å². The normalized spacial score (nSPS) is 17.3. The zero-order valence-electron chi connectivity index (χ0n) is 18.7. The molecule has 3 heterocycles. The van der Waals surface area contributed by atoms with Crippen LogP contribution in [0.2, 0.25) is 0 Å². The van der Waals surface area contributed by atoms with E-state index in [9.17, 15) is 13.2 Å². The van der Waals surface area contributed by atoms with Crippen molar-refractivity contribution < 1.29 is 13.2 Å². The third-order valence-corrected chi connectivity index (χ3v) is 6.71. The second kappa shape index (κ2) is 9.15. The molecule has 1 fully saturated rings. The van der Waals surface area contributed by atoms with Gasteiger partial charge in [0.15, 0.2) is 0 Å². The first-order chi connectivity index (χ1) is 16.0. The van der Waals surface area contributed by atoms with Gasteiger partial charge in [-0.05, 0) is 54.9 Å². The molecule has 172 valence electrons. The predicted octanol–water partition coefficient (Wildman–Crippen LogP) is 4.48. The summed E-state index contributed by atoms with van der Waals surface area (Å²) in [7, 11) is 2.13. The molecule has 2 aliphatic heterocycles. The second-order valence-electron chi connectivity index (χ2n) is 8.94. The Morgan fingerprint density at radius 3 is 2.39 bits per heavy atom. The van der Waals surface area contributed by atoms with E-state index < -0.39 is 11.6 Å². The Morgan fingerprint density at radius 1 is 0.848 bits per heavy atom. The number of likely N-dealkylation sites (N-methyl/N-ethyl adjacent to an activating group) is 1. The molecule has 0 spiro atoms. The number of benzene rings is 2. The Kier molecular flexibility index (Phi) is 6.08. The van der Waals surface area contributed by atoms with Gasteiger partial charge in [0.1, 0.15) is 17.5 Å². The fourth-order valence-electron chi connectivity index (χ4n) is 4.78. The zero-order valence-corrected chi connectivity index (χ0v) is 18.7. The first kappa shape index (κ1) is 21.9. The molecule has 0 atom stereocenters. The molecule has 0 aliphatic carbocycles. The smallest absolute Gasteiger partial charge is 0.133 e. The van der Waals surface area contributed by atoms with Gasteiger partial charge in [0.25, 0.3) is 0 Å². The molecule has 2 aliphatic rings. The van der Waals surface area contributed by atoms with Gasteiger partial charge in [-0.3, -0.25) is 9.88 Å². The highest BCUT2D eigenvalue weighted by Gasteiger charge is 2.26. The van der Waals surface area contributed by atoms with E-state index in [0.29, 0.717) is 30.6 Å². The molecule has 7 heteroatoms. The number of piperazine rings is 1. The minimum atomic E-state index is -0.601. The Hall–Kier alpha value is -2.90. The number of rotatable bonds is 4. The summed E-state index contributed by atoms with van der Waals surface area (Å²) in [6.07, 6.45) is 2.29. The number of fused-ring (bicyclic) bond motifs is 1. The van der Waals surface area contributed by atoms with Crippen LogP contribution < -0.4 is 4.90 Å². The molecule has 0 saturated carbocycles. The SMILES string of the molecule is CN1CCN(c2ccc(F)c3c2CN(Cc2ccc(-c4ccc(F)cc4F)cn2)CC3)CC1. The van der Waals surface area contributed by atoms with Crippen LogP contribution in [0.5, 0.6) is 0 Å². The van der Waals surface area contributed by atoms with Crippen LogP contribution in [-0.4, -0.2) is 54.6 Å². The molecule has 5 rings (SSSR count). The van der Waals surface area contributed by atoms with Crippen molar-refractivity contribution in [3.8, 4) is 11.1 Å². The van der Waals surface area contributed by atoms with Gasteiger partial charge < -0.3 is 9.80 Å². The average molecular weight is 453 g/mol. The quantitative estimate of drug-likeness (QED) is 0.582. The predicted molar refractivity (Wildman–Crippen MR) is 124 cm³/mol. The molecule has 1 aromatic heterocycles. The van der Waals surface area contributed by atoms with Gasteiger partial charge in [0.2, 0.25) is 0 Å². The van der Waals surface area contributed by atoms with E-state index in [0.717, 1.165) is 61.3 Å². The van der Waals surface area contributed by atoms with Crippen molar-refractivity contribution >= 4 is 5.69 Å². The first-order valence-corrected chi connectivity index (χ1v) is 11.3. The summed E-state index contributed by atoms with van der Waals surface area (Å²) in [5, 5.41) is 0. The van der Waals surface area contributed by atoms with Crippen molar-refractivity contribution in [2.75, 3.05) is 44.7 Å². The third kappa shape index (κ3) is 4.61. The molecular weight excluding hydrogens is 425 g/mol. The zero-order chi connectivity index (χ0) is 22.9. The highest BCUT2D eigenvalue weighted by atomic mass is 19.1. The van der Waals surface area contributed by atoms with Crippen molar-refractivity contribution in [2.24, 2.45) is 0 Å². The van der Waals surface area contributed by atoms with Gasteiger partial charge in [-0.25, -0.2) is 13.2 Å². The second-order valence-corrected chi connectivity index (χ2v) is 8.94. The fraction of sp³-hybridized carbons (Fsp3) is 0.346. The lowest BCUT2D eigenvalue weighted by Crippen LogP contribution is -2.45. The monoisotopic (exact) mass is 452 g/mol. The molecule has 0 N–H and O–H groups in total. The maximum atomic E-state index is 14.6. The van der Waals surface area contributed by atoms with Gasteiger partial charge in [0, 0.05) is 74.9 Å². The Labute approximate surface area is 192 Å². The number of anilines is 1. The molecule has 33 heavy (non-hydrogen) atoms. The highest BCUT2D eigenvalue weighted by molar-refractivity contribution is 5.63. The number of pyridine rings is 1. The van der Waals surface area contributed by atoms with E-state index >= 15 is 0 Å². The Bertz CT molecular complexity index is 1140. The maximum absolute atomic E-state index is 14.6. The number of nitrogens with zero attached hydrogens (tertiary/aromatic N) is 4. The molecule has 3 aromatic rings. The Morgan fingerprint density at radius 2 is 1.67 bits per heavy atom. The van der Waals surface area contributed by atoms with Crippen molar-refractivity contribution in [3.63, 3.8) is 0 Å². The molecule has 0 radical (unpaired) electrons. The van der Waals surface area contributed by atoms with E-state index in [-0.39, 0.29) is 5.82 Å². The number of aromatic nitrogens is 1. The minimum Gasteiger partial charge on any atom is -0.369 e. The van der Waals surface area contributed by atoms with Crippen molar-refractivity contribution in [1.82, 2.24) is 14.8 Å². The average Bonchev–Trinajstić information content (AvgIpc) is 2.81. The summed E-state index contributed by atoms with van der Waals surface area (Å²) in [5.41, 5.74) is 4.85. The van der Waals surface area contributed by atoms with Gasteiger partial charge in [-0.15, -0.1) is 0 Å². The number of hydrogen-bond acceptors (Lipinski definition) is 4. The first-order valence-electron chi connectivity index (χ1n) is 11.3. The third-order valence-electron chi connectivity index (χ3n) is 6.71. The summed E-state index contributed by atoms with van der Waals surface area (Å²) in [5.74, 6) is -1.32. The van der Waals surface area contributed by atoms with Gasteiger partial charge in [-0.2, -0.15) is 0 Å². The summed E-state index contributed by atoms with van der Waals surface area (Å²) < 4.78 is 41.9. The van der Waals surface area contributed by atoms with Crippen LogP contribution in [0, 0.1) is 17.5 Å². The Balaban J connectivity index is 1.33.